The van der Waals surface area contributed by atoms with Crippen LogP contribution in [0.25, 0.3) is 0 Å². The van der Waals surface area contributed by atoms with Crippen molar-refractivity contribution < 1.29 is 0 Å². The van der Waals surface area contributed by atoms with Gasteiger partial charge < -0.3 is 15.2 Å². The lowest BCUT2D eigenvalue weighted by Crippen LogP contribution is -2.44. The van der Waals surface area contributed by atoms with Crippen LogP contribution in [-0.4, -0.2) is 42.6 Å². The molecule has 2 N–H and O–H groups in total. The second kappa shape index (κ2) is 5.21. The van der Waals surface area contributed by atoms with Gasteiger partial charge in [0.05, 0.1) is 0 Å². The predicted octanol–water partition coefficient (Wildman–Crippen LogP) is 1.56. The smallest absolute Gasteiger partial charge is 0.158 e. The normalized spacial score (nSPS) is 18.2. The van der Waals surface area contributed by atoms with Crippen LogP contribution in [0.2, 0.25) is 0 Å². The molecule has 1 aliphatic rings. The first-order valence-electron chi connectivity index (χ1n) is 5.37. The van der Waals surface area contributed by atoms with Crippen LogP contribution in [0.4, 0.5) is 0 Å². The van der Waals surface area contributed by atoms with E-state index in [4.69, 9.17) is 12.2 Å². The van der Waals surface area contributed by atoms with Gasteiger partial charge in [-0.15, -0.1) is 11.3 Å². The van der Waals surface area contributed by atoms with Crippen LogP contribution in [0.15, 0.2) is 0 Å². The molecule has 0 amide bonds. The Morgan fingerprint density at radius 3 is 2.73 bits per heavy atom. The Labute approximate surface area is 99.5 Å². The summed E-state index contributed by atoms with van der Waals surface area (Å²) < 4.78 is 0.905. The lowest BCUT2D eigenvalue weighted by atomic mass is 10.2. The summed E-state index contributed by atoms with van der Waals surface area (Å²) in [5, 5.41) is 3.37. The van der Waals surface area contributed by atoms with E-state index in [0.29, 0.717) is 0 Å². The van der Waals surface area contributed by atoms with E-state index in [9.17, 15) is 0 Å². The first-order valence-corrected chi connectivity index (χ1v) is 6.60. The molecule has 1 aromatic heterocycles. The Hall–Kier alpha value is -0.230. The molecular formula is C10H17N3S2. The van der Waals surface area contributed by atoms with E-state index in [-0.39, 0.29) is 0 Å². The molecule has 0 unspecified atom stereocenters. The van der Waals surface area contributed by atoms with Crippen LogP contribution in [0.3, 0.4) is 0 Å². The Kier molecular flexibility index (Phi) is 3.91. The molecule has 15 heavy (non-hydrogen) atoms. The number of aromatic nitrogens is 1. The number of H-pyrrole nitrogens is 1. The van der Waals surface area contributed by atoms with Gasteiger partial charge in [0, 0.05) is 43.3 Å². The van der Waals surface area contributed by atoms with Crippen LogP contribution < -0.4 is 5.32 Å². The average molecular weight is 243 g/mol. The number of rotatable bonds is 3. The third-order valence-electron chi connectivity index (χ3n) is 2.79. The molecule has 0 aromatic carbocycles. The molecule has 0 saturated carbocycles. The molecule has 2 rings (SSSR count). The number of nitrogens with one attached hydrogen (secondary N) is 2. The maximum atomic E-state index is 5.13. The fraction of sp³-hybridized carbons (Fsp3) is 0.700. The van der Waals surface area contributed by atoms with E-state index >= 15 is 0 Å². The number of aryl methyl sites for hydroxylation is 1. The SMILES string of the molecule is Cc1[nH]c(=S)sc1CCN1CCNCC1. The molecule has 1 aliphatic heterocycles. The molecule has 1 aromatic rings. The molecule has 3 nitrogen and oxygen atoms in total. The van der Waals surface area contributed by atoms with Crippen molar-refractivity contribution in [2.45, 2.75) is 13.3 Å². The van der Waals surface area contributed by atoms with Crippen LogP contribution >= 0.6 is 23.6 Å². The largest absolute Gasteiger partial charge is 0.341 e. The van der Waals surface area contributed by atoms with Crippen LogP contribution in [-0.2, 0) is 6.42 Å². The van der Waals surface area contributed by atoms with Crippen molar-refractivity contribution in [1.29, 1.82) is 0 Å². The van der Waals surface area contributed by atoms with Gasteiger partial charge in [-0.3, -0.25) is 0 Å². The number of thiazole rings is 1. The van der Waals surface area contributed by atoms with Gasteiger partial charge in [-0.05, 0) is 25.6 Å². The van der Waals surface area contributed by atoms with Crippen molar-refractivity contribution in [3.8, 4) is 0 Å². The van der Waals surface area contributed by atoms with Crippen molar-refractivity contribution >= 4 is 23.6 Å². The second-order valence-corrected chi connectivity index (χ2v) is 5.68. The summed E-state index contributed by atoms with van der Waals surface area (Å²) in [7, 11) is 0. The van der Waals surface area contributed by atoms with Gasteiger partial charge in [-0.1, -0.05) is 0 Å². The lowest BCUT2D eigenvalue weighted by molar-refractivity contribution is 0.244. The minimum atomic E-state index is 0.905. The summed E-state index contributed by atoms with van der Waals surface area (Å²) in [5.41, 5.74) is 1.25. The molecule has 1 saturated heterocycles. The van der Waals surface area contributed by atoms with Crippen LogP contribution in [0.1, 0.15) is 10.6 Å². The summed E-state index contributed by atoms with van der Waals surface area (Å²) in [6.07, 6.45) is 1.13. The highest BCUT2D eigenvalue weighted by Crippen LogP contribution is 2.15. The highest BCUT2D eigenvalue weighted by molar-refractivity contribution is 7.73. The van der Waals surface area contributed by atoms with Gasteiger partial charge in [0.1, 0.15) is 0 Å². The minimum absolute atomic E-state index is 0.905. The summed E-state index contributed by atoms with van der Waals surface area (Å²) in [4.78, 5) is 7.13. The minimum Gasteiger partial charge on any atom is -0.341 e. The average Bonchev–Trinajstić information content (AvgIpc) is 2.56. The lowest BCUT2D eigenvalue weighted by Gasteiger charge is -2.26. The Morgan fingerprint density at radius 2 is 2.13 bits per heavy atom. The van der Waals surface area contributed by atoms with E-state index in [1.165, 1.54) is 23.7 Å². The van der Waals surface area contributed by atoms with Crippen molar-refractivity contribution in [2.75, 3.05) is 32.7 Å². The predicted molar refractivity (Wildman–Crippen MR) is 67.3 cm³/mol. The maximum absolute atomic E-state index is 5.13. The number of hydrogen-bond acceptors (Lipinski definition) is 4. The molecule has 0 radical (unpaired) electrons. The van der Waals surface area contributed by atoms with Gasteiger partial charge in [-0.2, -0.15) is 0 Å². The zero-order chi connectivity index (χ0) is 10.7. The van der Waals surface area contributed by atoms with Gasteiger partial charge in [0.2, 0.25) is 0 Å². The summed E-state index contributed by atoms with van der Waals surface area (Å²) in [6, 6.07) is 0. The van der Waals surface area contributed by atoms with Gasteiger partial charge in [-0.25, -0.2) is 0 Å². The number of aromatic amines is 1. The van der Waals surface area contributed by atoms with Gasteiger partial charge in [0.25, 0.3) is 0 Å². The molecule has 0 aliphatic carbocycles. The van der Waals surface area contributed by atoms with Crippen LogP contribution in [0.5, 0.6) is 0 Å². The molecule has 1 fully saturated rings. The highest BCUT2D eigenvalue weighted by Gasteiger charge is 2.10. The van der Waals surface area contributed by atoms with Crippen molar-refractivity contribution in [1.82, 2.24) is 15.2 Å². The van der Waals surface area contributed by atoms with Crippen LogP contribution in [0, 0.1) is 10.9 Å². The third kappa shape index (κ3) is 3.11. The number of hydrogen-bond donors (Lipinski definition) is 2. The van der Waals surface area contributed by atoms with Crippen molar-refractivity contribution in [3.63, 3.8) is 0 Å². The van der Waals surface area contributed by atoms with Gasteiger partial charge >= 0.3 is 0 Å². The molecular weight excluding hydrogens is 226 g/mol. The van der Waals surface area contributed by atoms with E-state index in [2.05, 4.69) is 22.1 Å². The Bertz CT molecular complexity index is 363. The Balaban J connectivity index is 1.86. The molecule has 0 bridgehead atoms. The summed E-state index contributed by atoms with van der Waals surface area (Å²) in [6.45, 7) is 7.87. The second-order valence-electron chi connectivity index (χ2n) is 3.90. The molecule has 84 valence electrons. The molecule has 2 heterocycles. The van der Waals surface area contributed by atoms with Crippen molar-refractivity contribution in [2.24, 2.45) is 0 Å². The van der Waals surface area contributed by atoms with Gasteiger partial charge in [0.15, 0.2) is 3.95 Å². The zero-order valence-electron chi connectivity index (χ0n) is 9.01. The summed E-state index contributed by atoms with van der Waals surface area (Å²) in [5.74, 6) is 0. The standard InChI is InChI=1S/C10H17N3S2/c1-8-9(15-10(14)12-8)2-5-13-6-3-11-4-7-13/h11H,2-7H2,1H3,(H,12,14). The first-order chi connectivity index (χ1) is 7.25. The third-order valence-corrected chi connectivity index (χ3v) is 4.18. The number of nitrogens with zero attached hydrogens (tertiary/aromatic N) is 1. The van der Waals surface area contributed by atoms with E-state index < -0.39 is 0 Å². The zero-order valence-corrected chi connectivity index (χ0v) is 10.6. The van der Waals surface area contributed by atoms with E-state index in [0.717, 1.165) is 30.0 Å². The Morgan fingerprint density at radius 1 is 1.40 bits per heavy atom. The fourth-order valence-corrected chi connectivity index (χ4v) is 3.15. The van der Waals surface area contributed by atoms with E-state index in [1.807, 2.05) is 0 Å². The molecule has 0 atom stereocenters. The topological polar surface area (TPSA) is 31.1 Å². The van der Waals surface area contributed by atoms with E-state index in [1.54, 1.807) is 11.3 Å². The fourth-order valence-electron chi connectivity index (χ4n) is 1.87. The maximum Gasteiger partial charge on any atom is 0.158 e. The quantitative estimate of drug-likeness (QED) is 0.790. The first kappa shape index (κ1) is 11.3. The molecule has 0 spiro atoms. The highest BCUT2D eigenvalue weighted by atomic mass is 32.1. The van der Waals surface area contributed by atoms with Crippen molar-refractivity contribution in [3.05, 3.63) is 14.5 Å². The number of piperazine rings is 1. The summed E-state index contributed by atoms with van der Waals surface area (Å²) >= 11 is 6.85. The monoisotopic (exact) mass is 243 g/mol. The molecule has 5 heteroatoms.